The van der Waals surface area contributed by atoms with Crippen LogP contribution < -0.4 is 10.4 Å². The van der Waals surface area contributed by atoms with Crippen LogP contribution in [0.1, 0.15) is 17.9 Å². The summed E-state index contributed by atoms with van der Waals surface area (Å²) in [4.78, 5) is 16.1. The highest BCUT2D eigenvalue weighted by Gasteiger charge is 2.48. The van der Waals surface area contributed by atoms with Crippen molar-refractivity contribution >= 4 is 34.4 Å². The quantitative estimate of drug-likeness (QED) is 0.760. The van der Waals surface area contributed by atoms with Crippen molar-refractivity contribution in [2.45, 2.75) is 12.0 Å². The molecule has 0 saturated heterocycles. The topological polar surface area (TPSA) is 78.6 Å². The summed E-state index contributed by atoms with van der Waals surface area (Å²) in [5.41, 5.74) is 5.01. The minimum absolute atomic E-state index is 0.199. The Kier molecular flexibility index (Phi) is 3.26. The maximum atomic E-state index is 11.6. The molecule has 0 fully saturated rings. The van der Waals surface area contributed by atoms with E-state index in [1.807, 2.05) is 31.3 Å². The lowest BCUT2D eigenvalue weighted by Gasteiger charge is -2.26. The van der Waals surface area contributed by atoms with Gasteiger partial charge < -0.3 is 14.5 Å². The molecule has 0 spiro atoms. The maximum Gasteiger partial charge on any atom is 0.306 e. The number of aliphatic carboxylic acids is 1. The normalized spacial score (nSPS) is 19.7. The highest BCUT2D eigenvalue weighted by atomic mass is 35.5. The van der Waals surface area contributed by atoms with Crippen LogP contribution in [0.2, 0.25) is 5.02 Å². The van der Waals surface area contributed by atoms with Crippen LogP contribution in [0.3, 0.4) is 0 Å². The Bertz CT molecular complexity index is 955. The Morgan fingerprint density at radius 1 is 1.38 bits per heavy atom. The van der Waals surface area contributed by atoms with Crippen molar-refractivity contribution in [1.29, 1.82) is 0 Å². The fourth-order valence-corrected chi connectivity index (χ4v) is 3.38. The predicted molar refractivity (Wildman–Crippen MR) is 90.0 cm³/mol. The van der Waals surface area contributed by atoms with Gasteiger partial charge >= 0.3 is 5.97 Å². The van der Waals surface area contributed by atoms with E-state index in [1.165, 1.54) is 0 Å². The van der Waals surface area contributed by atoms with Crippen LogP contribution >= 0.6 is 11.6 Å². The monoisotopic (exact) mass is 343 g/mol. The highest BCUT2D eigenvalue weighted by Crippen LogP contribution is 2.43. The molecule has 0 aliphatic carbocycles. The van der Waals surface area contributed by atoms with Crippen molar-refractivity contribution in [3.05, 3.63) is 58.9 Å². The number of hydrogen-bond acceptors (Lipinski definition) is 5. The van der Waals surface area contributed by atoms with E-state index in [9.17, 15) is 9.90 Å². The van der Waals surface area contributed by atoms with Crippen LogP contribution in [0, 0.1) is 0 Å². The molecule has 0 saturated carbocycles. The van der Waals surface area contributed by atoms with Gasteiger partial charge in [-0.2, -0.15) is 0 Å². The summed E-state index contributed by atoms with van der Waals surface area (Å²) >= 11 is 6.01. The molecule has 122 valence electrons. The molecule has 1 atom stereocenters. The number of halogens is 1. The number of para-hydroxylation sites is 1. The lowest BCUT2D eigenvalue weighted by atomic mass is 9.87. The molecule has 0 bridgehead atoms. The van der Waals surface area contributed by atoms with Crippen LogP contribution in [0.5, 0.6) is 0 Å². The zero-order chi connectivity index (χ0) is 16.9. The Morgan fingerprint density at radius 2 is 2.17 bits per heavy atom. The smallest absolute Gasteiger partial charge is 0.306 e. The van der Waals surface area contributed by atoms with Gasteiger partial charge in [0.2, 0.25) is 5.89 Å². The van der Waals surface area contributed by atoms with E-state index >= 15 is 0 Å². The maximum absolute atomic E-state index is 11.6. The third kappa shape index (κ3) is 2.15. The second-order valence-corrected chi connectivity index (χ2v) is 6.23. The molecule has 24 heavy (non-hydrogen) atoms. The predicted octanol–water partition coefficient (Wildman–Crippen LogP) is 3.15. The number of hydrogen-bond donors (Lipinski definition) is 2. The standard InChI is InChI=1S/C17H14ClN3O3/c1-21-13-5-3-2-4-11(13)17(20-21,9-15(22)23)16-19-12-8-10(18)6-7-14(12)24-16/h2-8,20H,9H2,1H3,(H,22,23). The third-order valence-electron chi connectivity index (χ3n) is 4.21. The summed E-state index contributed by atoms with van der Waals surface area (Å²) in [6.07, 6.45) is -0.199. The average molecular weight is 344 g/mol. The zero-order valence-corrected chi connectivity index (χ0v) is 13.5. The summed E-state index contributed by atoms with van der Waals surface area (Å²) in [6.45, 7) is 0. The fourth-order valence-electron chi connectivity index (χ4n) is 3.22. The number of nitrogens with one attached hydrogen (secondary N) is 1. The highest BCUT2D eigenvalue weighted by molar-refractivity contribution is 6.31. The first-order valence-electron chi connectivity index (χ1n) is 7.39. The van der Waals surface area contributed by atoms with Gasteiger partial charge in [0.1, 0.15) is 5.52 Å². The summed E-state index contributed by atoms with van der Waals surface area (Å²) in [7, 11) is 1.84. The van der Waals surface area contributed by atoms with Gasteiger partial charge in [-0.25, -0.2) is 10.4 Å². The number of rotatable bonds is 3. The van der Waals surface area contributed by atoms with Gasteiger partial charge in [-0.15, -0.1) is 0 Å². The van der Waals surface area contributed by atoms with E-state index in [0.29, 0.717) is 22.0 Å². The number of carboxylic acids is 1. The molecule has 2 N–H and O–H groups in total. The van der Waals surface area contributed by atoms with Gasteiger partial charge in [-0.1, -0.05) is 29.8 Å². The fraction of sp³-hybridized carbons (Fsp3) is 0.176. The average Bonchev–Trinajstić information content (AvgIpc) is 3.08. The van der Waals surface area contributed by atoms with E-state index in [-0.39, 0.29) is 6.42 Å². The minimum atomic E-state index is -1.07. The lowest BCUT2D eigenvalue weighted by molar-refractivity contribution is -0.138. The Morgan fingerprint density at radius 3 is 2.96 bits per heavy atom. The van der Waals surface area contributed by atoms with Gasteiger partial charge in [0.15, 0.2) is 11.1 Å². The molecular formula is C17H14ClN3O3. The first-order valence-corrected chi connectivity index (χ1v) is 7.77. The molecular weight excluding hydrogens is 330 g/mol. The molecule has 7 heteroatoms. The van der Waals surface area contributed by atoms with Crippen molar-refractivity contribution in [1.82, 2.24) is 10.4 Å². The van der Waals surface area contributed by atoms with Crippen LogP contribution in [-0.2, 0) is 10.3 Å². The molecule has 2 aromatic carbocycles. The first-order chi connectivity index (χ1) is 11.5. The molecule has 1 unspecified atom stereocenters. The number of carbonyl (C=O) groups is 1. The number of carboxylic acid groups (broad SMARTS) is 1. The molecule has 0 amide bonds. The number of nitrogens with zero attached hydrogens (tertiary/aromatic N) is 2. The van der Waals surface area contributed by atoms with Crippen molar-refractivity contribution in [2.75, 3.05) is 12.1 Å². The molecule has 1 aliphatic heterocycles. The van der Waals surface area contributed by atoms with Gasteiger partial charge in [-0.05, 0) is 24.3 Å². The van der Waals surface area contributed by atoms with Gasteiger partial charge in [-0.3, -0.25) is 4.79 Å². The molecule has 0 radical (unpaired) electrons. The zero-order valence-electron chi connectivity index (χ0n) is 12.8. The summed E-state index contributed by atoms with van der Waals surface area (Å²) in [5, 5.41) is 11.8. The third-order valence-corrected chi connectivity index (χ3v) is 4.45. The largest absolute Gasteiger partial charge is 0.481 e. The van der Waals surface area contributed by atoms with Crippen LogP contribution in [0.4, 0.5) is 5.69 Å². The number of hydrazine groups is 1. The number of anilines is 1. The molecule has 4 rings (SSSR count). The van der Waals surface area contributed by atoms with Gasteiger partial charge in [0.05, 0.1) is 12.1 Å². The van der Waals surface area contributed by atoms with E-state index in [2.05, 4.69) is 10.4 Å². The summed E-state index contributed by atoms with van der Waals surface area (Å²) in [6, 6.07) is 12.7. The lowest BCUT2D eigenvalue weighted by Crippen LogP contribution is -2.47. The van der Waals surface area contributed by atoms with Gasteiger partial charge in [0.25, 0.3) is 0 Å². The van der Waals surface area contributed by atoms with Gasteiger partial charge in [0, 0.05) is 17.6 Å². The molecule has 1 aliphatic rings. The second-order valence-electron chi connectivity index (χ2n) is 5.79. The first kappa shape index (κ1) is 15.0. The van der Waals surface area contributed by atoms with Crippen molar-refractivity contribution in [2.24, 2.45) is 0 Å². The molecule has 6 nitrogen and oxygen atoms in total. The molecule has 3 aromatic rings. The Labute approximate surface area is 142 Å². The number of aromatic nitrogens is 1. The number of benzene rings is 2. The molecule has 2 heterocycles. The van der Waals surface area contributed by atoms with E-state index in [4.69, 9.17) is 16.0 Å². The summed E-state index contributed by atoms with van der Waals surface area (Å²) in [5.74, 6) is -0.646. The minimum Gasteiger partial charge on any atom is -0.481 e. The SMILES string of the molecule is CN1NC(CC(=O)O)(c2nc3cc(Cl)ccc3o2)c2ccccc21. The van der Waals surface area contributed by atoms with E-state index in [0.717, 1.165) is 11.3 Å². The van der Waals surface area contributed by atoms with E-state index in [1.54, 1.807) is 23.2 Å². The number of fused-ring (bicyclic) bond motifs is 2. The summed E-state index contributed by atoms with van der Waals surface area (Å²) < 4.78 is 5.89. The van der Waals surface area contributed by atoms with E-state index < -0.39 is 11.5 Å². The van der Waals surface area contributed by atoms with Crippen LogP contribution in [-0.4, -0.2) is 23.1 Å². The van der Waals surface area contributed by atoms with Crippen molar-refractivity contribution in [3.63, 3.8) is 0 Å². The van der Waals surface area contributed by atoms with Crippen molar-refractivity contribution < 1.29 is 14.3 Å². The van der Waals surface area contributed by atoms with Crippen LogP contribution in [0.25, 0.3) is 11.1 Å². The molecule has 1 aromatic heterocycles. The number of oxazole rings is 1. The Balaban J connectivity index is 1.96. The second kappa shape index (κ2) is 5.22. The Hall–Kier alpha value is -2.57. The van der Waals surface area contributed by atoms with Crippen LogP contribution in [0.15, 0.2) is 46.9 Å². The van der Waals surface area contributed by atoms with Crippen molar-refractivity contribution in [3.8, 4) is 0 Å².